The zero-order valence-electron chi connectivity index (χ0n) is 11.7. The van der Waals surface area contributed by atoms with E-state index in [0.717, 1.165) is 10.5 Å². The van der Waals surface area contributed by atoms with Crippen molar-refractivity contribution in [2.75, 3.05) is 18.1 Å². The highest BCUT2D eigenvalue weighted by atomic mass is 32.2. The summed E-state index contributed by atoms with van der Waals surface area (Å²) in [6.07, 6.45) is 2.00. The van der Waals surface area contributed by atoms with E-state index in [1.54, 1.807) is 11.8 Å². The number of hydrogen-bond donors (Lipinski definition) is 2. The second-order valence-electron chi connectivity index (χ2n) is 4.23. The van der Waals surface area contributed by atoms with Crippen LogP contribution in [0.3, 0.4) is 0 Å². The van der Waals surface area contributed by atoms with Gasteiger partial charge in [0.1, 0.15) is 0 Å². The van der Waals surface area contributed by atoms with Gasteiger partial charge in [0.15, 0.2) is 0 Å². The number of amides is 1. The van der Waals surface area contributed by atoms with Crippen molar-refractivity contribution >= 4 is 23.4 Å². The van der Waals surface area contributed by atoms with Crippen LogP contribution in [0.15, 0.2) is 53.4 Å². The lowest BCUT2D eigenvalue weighted by atomic mass is 10.1. The number of thioether (sulfide) groups is 1. The highest BCUT2D eigenvalue weighted by Crippen LogP contribution is 2.17. The van der Waals surface area contributed by atoms with Gasteiger partial charge >= 0.3 is 0 Å². The van der Waals surface area contributed by atoms with E-state index < -0.39 is 0 Å². The van der Waals surface area contributed by atoms with Gasteiger partial charge in [-0.15, -0.1) is 11.8 Å². The van der Waals surface area contributed by atoms with Gasteiger partial charge in [-0.3, -0.25) is 4.79 Å². The molecule has 0 unspecified atom stereocenters. The maximum atomic E-state index is 12.2. The van der Waals surface area contributed by atoms with Crippen LogP contribution in [0.1, 0.15) is 15.9 Å². The summed E-state index contributed by atoms with van der Waals surface area (Å²) in [7, 11) is 0. The van der Waals surface area contributed by atoms with Crippen molar-refractivity contribution in [2.24, 2.45) is 5.73 Å². The van der Waals surface area contributed by atoms with Crippen molar-refractivity contribution in [3.8, 4) is 11.8 Å². The van der Waals surface area contributed by atoms with E-state index >= 15 is 0 Å². The van der Waals surface area contributed by atoms with Crippen LogP contribution < -0.4 is 11.1 Å². The van der Waals surface area contributed by atoms with Gasteiger partial charge in [0.25, 0.3) is 5.91 Å². The fourth-order valence-electron chi connectivity index (χ4n) is 1.78. The molecule has 1 amide bonds. The zero-order valence-corrected chi connectivity index (χ0v) is 12.5. The molecule has 0 bridgehead atoms. The van der Waals surface area contributed by atoms with Gasteiger partial charge in [0.2, 0.25) is 0 Å². The smallest absolute Gasteiger partial charge is 0.255 e. The molecule has 0 radical (unpaired) electrons. The van der Waals surface area contributed by atoms with Gasteiger partial charge in [-0.05, 0) is 42.7 Å². The second kappa shape index (κ2) is 7.53. The molecule has 0 aliphatic rings. The summed E-state index contributed by atoms with van der Waals surface area (Å²) < 4.78 is 0. The Balaban J connectivity index is 2.19. The number of carbonyl (C=O) groups is 1. The molecule has 0 heterocycles. The van der Waals surface area contributed by atoms with Crippen molar-refractivity contribution in [3.63, 3.8) is 0 Å². The van der Waals surface area contributed by atoms with Crippen molar-refractivity contribution in [2.45, 2.75) is 4.90 Å². The van der Waals surface area contributed by atoms with E-state index in [4.69, 9.17) is 5.73 Å². The minimum atomic E-state index is -0.148. The van der Waals surface area contributed by atoms with Crippen molar-refractivity contribution < 1.29 is 4.79 Å². The van der Waals surface area contributed by atoms with E-state index in [1.807, 2.05) is 54.8 Å². The summed E-state index contributed by atoms with van der Waals surface area (Å²) in [4.78, 5) is 13.4. The van der Waals surface area contributed by atoms with Crippen LogP contribution in [0.2, 0.25) is 0 Å². The zero-order chi connectivity index (χ0) is 15.1. The number of carbonyl (C=O) groups excluding carboxylic acids is 1. The molecular weight excluding hydrogens is 280 g/mol. The van der Waals surface area contributed by atoms with Crippen LogP contribution in [0, 0.1) is 11.8 Å². The number of rotatable bonds is 3. The van der Waals surface area contributed by atoms with Gasteiger partial charge in [0.05, 0.1) is 12.2 Å². The number of benzene rings is 2. The summed E-state index contributed by atoms with van der Waals surface area (Å²) >= 11 is 1.64. The molecule has 0 saturated heterocycles. The Bertz CT molecular complexity index is 684. The highest BCUT2D eigenvalue weighted by Gasteiger charge is 2.08. The normalized spacial score (nSPS) is 9.62. The predicted molar refractivity (Wildman–Crippen MR) is 88.6 cm³/mol. The molecule has 0 atom stereocenters. The summed E-state index contributed by atoms with van der Waals surface area (Å²) in [5, 5.41) is 2.88. The molecule has 106 valence electrons. The molecule has 2 aromatic carbocycles. The lowest BCUT2D eigenvalue weighted by Gasteiger charge is -2.08. The summed E-state index contributed by atoms with van der Waals surface area (Å²) in [5.74, 6) is 5.60. The van der Waals surface area contributed by atoms with Gasteiger partial charge < -0.3 is 11.1 Å². The third-order valence-electron chi connectivity index (χ3n) is 2.85. The molecule has 0 spiro atoms. The van der Waals surface area contributed by atoms with Crippen LogP contribution in [0.5, 0.6) is 0 Å². The Kier molecular flexibility index (Phi) is 5.44. The number of nitrogens with one attached hydrogen (secondary N) is 1. The van der Waals surface area contributed by atoms with E-state index in [1.165, 1.54) is 0 Å². The lowest BCUT2D eigenvalue weighted by molar-refractivity contribution is 0.102. The van der Waals surface area contributed by atoms with Crippen LogP contribution in [0.25, 0.3) is 0 Å². The van der Waals surface area contributed by atoms with Crippen LogP contribution >= 0.6 is 11.8 Å². The summed E-state index contributed by atoms with van der Waals surface area (Å²) in [6.45, 7) is 0.290. The number of para-hydroxylation sites is 1. The quantitative estimate of drug-likeness (QED) is 0.676. The largest absolute Gasteiger partial charge is 0.321 e. The summed E-state index contributed by atoms with van der Waals surface area (Å²) in [6, 6.07) is 14.9. The molecule has 0 aliphatic heterocycles. The molecule has 3 N–H and O–H groups in total. The molecule has 2 aromatic rings. The van der Waals surface area contributed by atoms with E-state index in [0.29, 0.717) is 17.8 Å². The minimum Gasteiger partial charge on any atom is -0.321 e. The predicted octanol–water partition coefficient (Wildman–Crippen LogP) is 2.97. The second-order valence-corrected chi connectivity index (χ2v) is 5.11. The molecular formula is C17H16N2OS. The van der Waals surface area contributed by atoms with E-state index in [2.05, 4.69) is 17.2 Å². The maximum Gasteiger partial charge on any atom is 0.255 e. The van der Waals surface area contributed by atoms with Gasteiger partial charge in [-0.25, -0.2) is 0 Å². The third-order valence-corrected chi connectivity index (χ3v) is 3.60. The first kappa shape index (κ1) is 15.2. The number of anilines is 1. The fraction of sp³-hybridized carbons (Fsp3) is 0.118. The standard InChI is InChI=1S/C17H16N2OS/c1-21-15-10-8-14(9-11-15)17(20)19-16-7-3-2-5-13(16)6-4-12-18/h2-3,5,7-11H,12,18H2,1H3,(H,19,20). The molecule has 4 heteroatoms. The Labute approximate surface area is 128 Å². The minimum absolute atomic E-state index is 0.148. The van der Waals surface area contributed by atoms with Crippen LogP contribution in [-0.4, -0.2) is 18.7 Å². The number of hydrogen-bond acceptors (Lipinski definition) is 3. The highest BCUT2D eigenvalue weighted by molar-refractivity contribution is 7.98. The van der Waals surface area contributed by atoms with Gasteiger partial charge in [-0.1, -0.05) is 24.0 Å². The Morgan fingerprint density at radius 2 is 1.90 bits per heavy atom. The molecule has 3 nitrogen and oxygen atoms in total. The first-order valence-corrected chi connectivity index (χ1v) is 7.70. The van der Waals surface area contributed by atoms with Gasteiger partial charge in [0, 0.05) is 16.0 Å². The van der Waals surface area contributed by atoms with Gasteiger partial charge in [-0.2, -0.15) is 0 Å². The topological polar surface area (TPSA) is 55.1 Å². The van der Waals surface area contributed by atoms with E-state index in [-0.39, 0.29) is 5.91 Å². The Morgan fingerprint density at radius 1 is 1.19 bits per heavy atom. The fourth-order valence-corrected chi connectivity index (χ4v) is 2.19. The van der Waals surface area contributed by atoms with Crippen LogP contribution in [-0.2, 0) is 0 Å². The molecule has 2 rings (SSSR count). The SMILES string of the molecule is CSc1ccc(C(=O)Nc2ccccc2C#CCN)cc1. The Morgan fingerprint density at radius 3 is 2.57 bits per heavy atom. The molecule has 0 aromatic heterocycles. The Hall–Kier alpha value is -2.22. The average molecular weight is 296 g/mol. The van der Waals surface area contributed by atoms with Crippen molar-refractivity contribution in [3.05, 3.63) is 59.7 Å². The van der Waals surface area contributed by atoms with Crippen molar-refractivity contribution in [1.29, 1.82) is 0 Å². The van der Waals surface area contributed by atoms with Crippen molar-refractivity contribution in [1.82, 2.24) is 0 Å². The van der Waals surface area contributed by atoms with E-state index in [9.17, 15) is 4.79 Å². The lowest BCUT2D eigenvalue weighted by Crippen LogP contribution is -2.12. The molecule has 21 heavy (non-hydrogen) atoms. The molecule has 0 fully saturated rings. The number of nitrogens with two attached hydrogens (primary N) is 1. The maximum absolute atomic E-state index is 12.2. The first-order valence-electron chi connectivity index (χ1n) is 6.48. The monoisotopic (exact) mass is 296 g/mol. The molecule has 0 aliphatic carbocycles. The average Bonchev–Trinajstić information content (AvgIpc) is 2.54. The third kappa shape index (κ3) is 4.12. The first-order chi connectivity index (χ1) is 10.2. The van der Waals surface area contributed by atoms with Crippen LogP contribution in [0.4, 0.5) is 5.69 Å². The molecule has 0 saturated carbocycles. The summed E-state index contributed by atoms with van der Waals surface area (Å²) in [5.41, 5.74) is 7.46.